The lowest BCUT2D eigenvalue weighted by atomic mass is 10.1. The zero-order valence-electron chi connectivity index (χ0n) is 12.3. The number of benzene rings is 2. The molecule has 5 heteroatoms. The van der Waals surface area contributed by atoms with Crippen molar-refractivity contribution in [1.29, 1.82) is 0 Å². The van der Waals surface area contributed by atoms with Gasteiger partial charge in [0.1, 0.15) is 18.8 Å². The van der Waals surface area contributed by atoms with Crippen molar-refractivity contribution in [3.63, 3.8) is 0 Å². The molecule has 4 nitrogen and oxygen atoms in total. The van der Waals surface area contributed by atoms with Crippen LogP contribution in [0.5, 0.6) is 5.75 Å². The number of quaternary nitrogens is 1. The Labute approximate surface area is 138 Å². The largest absolute Gasteiger partial charge is 0.545 e. The molecule has 0 saturated heterocycles. The highest BCUT2D eigenvalue weighted by atomic mass is 79.9. The molecule has 0 aliphatic carbocycles. The Bertz CT molecular complexity index is 641. The van der Waals surface area contributed by atoms with Crippen molar-refractivity contribution >= 4 is 21.9 Å². The molecule has 116 valence electrons. The summed E-state index contributed by atoms with van der Waals surface area (Å²) in [6, 6.07) is 12.8. The van der Waals surface area contributed by atoms with Crippen molar-refractivity contribution in [2.24, 2.45) is 0 Å². The minimum absolute atomic E-state index is 0.208. The van der Waals surface area contributed by atoms with Gasteiger partial charge in [-0.3, -0.25) is 0 Å². The third-order valence-corrected chi connectivity index (χ3v) is 3.87. The van der Waals surface area contributed by atoms with Gasteiger partial charge in [0.25, 0.3) is 0 Å². The van der Waals surface area contributed by atoms with Crippen LogP contribution < -0.4 is 15.2 Å². The molecular formula is C17H18BrNO3. The van der Waals surface area contributed by atoms with Crippen molar-refractivity contribution in [3.8, 4) is 5.75 Å². The molecule has 0 saturated carbocycles. The number of nitrogens with two attached hydrogens (primary N) is 1. The van der Waals surface area contributed by atoms with Crippen molar-refractivity contribution < 1.29 is 20.0 Å². The molecule has 2 rings (SSSR count). The van der Waals surface area contributed by atoms with Gasteiger partial charge in [-0.15, -0.1) is 0 Å². The number of carbonyl (C=O) groups is 1. The summed E-state index contributed by atoms with van der Waals surface area (Å²) in [7, 11) is 0. The Morgan fingerprint density at radius 2 is 1.77 bits per heavy atom. The molecule has 0 radical (unpaired) electrons. The fraction of sp³-hybridized carbons (Fsp3) is 0.235. The lowest BCUT2D eigenvalue weighted by Crippen LogP contribution is -2.80. The Kier molecular flexibility index (Phi) is 5.98. The lowest BCUT2D eigenvalue weighted by Gasteiger charge is -2.08. The summed E-state index contributed by atoms with van der Waals surface area (Å²) in [5.41, 5.74) is 2.48. The SMILES string of the molecule is CCOc1ccc(C[NH2+]Cc2ccc(C(=O)[O-])cc2)cc1Br. The first-order valence-electron chi connectivity index (χ1n) is 7.13. The summed E-state index contributed by atoms with van der Waals surface area (Å²) < 4.78 is 6.44. The smallest absolute Gasteiger partial charge is 0.133 e. The Hall–Kier alpha value is -1.85. The van der Waals surface area contributed by atoms with E-state index in [9.17, 15) is 9.90 Å². The third-order valence-electron chi connectivity index (χ3n) is 3.25. The van der Waals surface area contributed by atoms with E-state index >= 15 is 0 Å². The average Bonchev–Trinajstić information content (AvgIpc) is 2.50. The molecule has 2 N–H and O–H groups in total. The van der Waals surface area contributed by atoms with E-state index in [1.807, 2.05) is 31.2 Å². The van der Waals surface area contributed by atoms with Crippen LogP contribution in [0.1, 0.15) is 28.4 Å². The highest BCUT2D eigenvalue weighted by Gasteiger charge is 2.04. The van der Waals surface area contributed by atoms with Gasteiger partial charge < -0.3 is 20.0 Å². The fourth-order valence-corrected chi connectivity index (χ4v) is 2.67. The van der Waals surface area contributed by atoms with E-state index in [1.165, 1.54) is 5.56 Å². The predicted octanol–water partition coefficient (Wildman–Crippen LogP) is 1.47. The Balaban J connectivity index is 1.88. The molecule has 0 fully saturated rings. The topological polar surface area (TPSA) is 66.0 Å². The number of rotatable bonds is 7. The monoisotopic (exact) mass is 363 g/mol. The standard InChI is InChI=1S/C17H18BrNO3/c1-2-22-16-8-5-13(9-15(16)18)11-19-10-12-3-6-14(7-4-12)17(20)21/h3-9,19H,2,10-11H2,1H3,(H,20,21). The minimum atomic E-state index is -1.14. The summed E-state index contributed by atoms with van der Waals surface area (Å²) in [5.74, 6) is -0.293. The van der Waals surface area contributed by atoms with Gasteiger partial charge in [0.2, 0.25) is 0 Å². The molecule has 22 heavy (non-hydrogen) atoms. The Morgan fingerprint density at radius 1 is 1.14 bits per heavy atom. The molecule has 0 unspecified atom stereocenters. The second-order valence-corrected chi connectivity index (χ2v) is 5.73. The molecule has 0 aliphatic rings. The van der Waals surface area contributed by atoms with Crippen LogP contribution in [0.4, 0.5) is 0 Å². The van der Waals surface area contributed by atoms with Crippen LogP contribution in [0.3, 0.4) is 0 Å². The third kappa shape index (κ3) is 4.58. The maximum absolute atomic E-state index is 10.7. The molecule has 0 amide bonds. The van der Waals surface area contributed by atoms with Crippen LogP contribution in [0, 0.1) is 0 Å². The number of ether oxygens (including phenoxy) is 1. The normalized spacial score (nSPS) is 10.5. The lowest BCUT2D eigenvalue weighted by molar-refractivity contribution is -0.686. The van der Waals surface area contributed by atoms with E-state index in [2.05, 4.69) is 27.3 Å². The van der Waals surface area contributed by atoms with Gasteiger partial charge in [0.05, 0.1) is 17.0 Å². The summed E-state index contributed by atoms with van der Waals surface area (Å²) in [4.78, 5) is 10.7. The van der Waals surface area contributed by atoms with E-state index in [0.717, 1.165) is 28.9 Å². The highest BCUT2D eigenvalue weighted by molar-refractivity contribution is 9.10. The number of carbonyl (C=O) groups excluding carboxylic acids is 1. The van der Waals surface area contributed by atoms with Crippen LogP contribution in [0.25, 0.3) is 0 Å². The highest BCUT2D eigenvalue weighted by Crippen LogP contribution is 2.25. The average molecular weight is 364 g/mol. The first-order valence-corrected chi connectivity index (χ1v) is 7.92. The number of hydrogen-bond acceptors (Lipinski definition) is 3. The van der Waals surface area contributed by atoms with E-state index in [-0.39, 0.29) is 5.56 Å². The van der Waals surface area contributed by atoms with Crippen LogP contribution in [0.2, 0.25) is 0 Å². The van der Waals surface area contributed by atoms with Gasteiger partial charge in [0.15, 0.2) is 0 Å². The molecule has 0 bridgehead atoms. The maximum Gasteiger partial charge on any atom is 0.133 e. The van der Waals surface area contributed by atoms with Gasteiger partial charge >= 0.3 is 0 Å². The van der Waals surface area contributed by atoms with E-state index in [4.69, 9.17) is 4.74 Å². The van der Waals surface area contributed by atoms with Gasteiger partial charge in [-0.25, -0.2) is 0 Å². The number of carboxylic acids is 1. The summed E-state index contributed by atoms with van der Waals surface area (Å²) >= 11 is 3.51. The van der Waals surface area contributed by atoms with Gasteiger partial charge in [0, 0.05) is 11.1 Å². The molecule has 0 aromatic heterocycles. The first-order chi connectivity index (χ1) is 10.6. The first kappa shape index (κ1) is 16.5. The van der Waals surface area contributed by atoms with E-state index < -0.39 is 5.97 Å². The van der Waals surface area contributed by atoms with Gasteiger partial charge in [-0.1, -0.05) is 24.3 Å². The number of carboxylic acid groups (broad SMARTS) is 1. The Morgan fingerprint density at radius 3 is 2.36 bits per heavy atom. The maximum atomic E-state index is 10.7. The quantitative estimate of drug-likeness (QED) is 0.809. The van der Waals surface area contributed by atoms with Crippen LogP contribution in [-0.4, -0.2) is 12.6 Å². The van der Waals surface area contributed by atoms with Crippen molar-refractivity contribution in [3.05, 3.63) is 63.6 Å². The molecule has 0 aliphatic heterocycles. The molecule has 0 heterocycles. The number of hydrogen-bond donors (Lipinski definition) is 1. The van der Waals surface area contributed by atoms with Crippen LogP contribution in [0.15, 0.2) is 46.9 Å². The summed E-state index contributed by atoms with van der Waals surface area (Å²) in [6.45, 7) is 4.23. The van der Waals surface area contributed by atoms with Crippen LogP contribution >= 0.6 is 15.9 Å². The van der Waals surface area contributed by atoms with Crippen molar-refractivity contribution in [2.45, 2.75) is 20.0 Å². The number of aromatic carboxylic acids is 1. The van der Waals surface area contributed by atoms with Crippen molar-refractivity contribution in [2.75, 3.05) is 6.61 Å². The second kappa shape index (κ2) is 7.96. The van der Waals surface area contributed by atoms with Crippen LogP contribution in [-0.2, 0) is 13.1 Å². The van der Waals surface area contributed by atoms with E-state index in [0.29, 0.717) is 6.61 Å². The molecule has 0 atom stereocenters. The zero-order chi connectivity index (χ0) is 15.9. The minimum Gasteiger partial charge on any atom is -0.545 e. The summed E-state index contributed by atoms with van der Waals surface area (Å²) in [5, 5.41) is 12.8. The predicted molar refractivity (Wildman–Crippen MR) is 85.4 cm³/mol. The van der Waals surface area contributed by atoms with Crippen molar-refractivity contribution in [1.82, 2.24) is 0 Å². The second-order valence-electron chi connectivity index (χ2n) is 4.88. The summed E-state index contributed by atoms with van der Waals surface area (Å²) in [6.07, 6.45) is 0. The molecule has 2 aromatic rings. The van der Waals surface area contributed by atoms with Gasteiger partial charge in [-0.2, -0.15) is 0 Å². The molecule has 0 spiro atoms. The fourth-order valence-electron chi connectivity index (χ4n) is 2.13. The zero-order valence-corrected chi connectivity index (χ0v) is 13.9. The number of halogens is 1. The van der Waals surface area contributed by atoms with Gasteiger partial charge in [-0.05, 0) is 46.6 Å². The molecule has 2 aromatic carbocycles. The molecular weight excluding hydrogens is 346 g/mol. The van der Waals surface area contributed by atoms with E-state index in [1.54, 1.807) is 12.1 Å².